The maximum Gasteiger partial charge on any atom is 0.329 e. The van der Waals surface area contributed by atoms with Crippen LogP contribution in [0.4, 0.5) is 5.69 Å². The summed E-state index contributed by atoms with van der Waals surface area (Å²) >= 11 is 0. The lowest BCUT2D eigenvalue weighted by Crippen LogP contribution is -2.32. The summed E-state index contributed by atoms with van der Waals surface area (Å²) in [6.45, 7) is 6.22. The number of ether oxygens (including phenoxy) is 1. The number of rotatable bonds is 5. The standard InChI is InChI=1S/C19H21N3O3/c1-4-25-17-11-6-5-9-15(17)12-20-22-19(24)18(23)21-16-10-7-8-13(2)14(16)3/h5-12H,4H2,1-3H3,(H,21,23)(H,22,24)/b20-12-. The number of hydrogen-bond donors (Lipinski definition) is 2. The first-order valence-electron chi connectivity index (χ1n) is 7.95. The maximum atomic E-state index is 12.0. The maximum absolute atomic E-state index is 12.0. The number of nitrogens with one attached hydrogen (secondary N) is 2. The summed E-state index contributed by atoms with van der Waals surface area (Å²) in [4.78, 5) is 23.8. The molecule has 2 amide bonds. The Bertz CT molecular complexity index is 800. The molecule has 0 aliphatic rings. The number of hydrazone groups is 1. The van der Waals surface area contributed by atoms with Crippen molar-refractivity contribution >= 4 is 23.7 Å². The molecule has 2 aromatic rings. The lowest BCUT2D eigenvalue weighted by atomic mass is 10.1. The van der Waals surface area contributed by atoms with Gasteiger partial charge in [0.25, 0.3) is 0 Å². The molecule has 0 saturated carbocycles. The van der Waals surface area contributed by atoms with Crippen LogP contribution in [0.15, 0.2) is 47.6 Å². The molecule has 25 heavy (non-hydrogen) atoms. The van der Waals surface area contributed by atoms with Crippen LogP contribution in [0.2, 0.25) is 0 Å². The first kappa shape index (κ1) is 18.2. The number of aryl methyl sites for hydroxylation is 1. The van der Waals surface area contributed by atoms with Crippen LogP contribution in [0.1, 0.15) is 23.6 Å². The van der Waals surface area contributed by atoms with Crippen LogP contribution >= 0.6 is 0 Å². The van der Waals surface area contributed by atoms with E-state index in [4.69, 9.17) is 4.74 Å². The van der Waals surface area contributed by atoms with E-state index in [1.165, 1.54) is 6.21 Å². The Labute approximate surface area is 146 Å². The molecule has 0 aromatic heterocycles. The second-order valence-electron chi connectivity index (χ2n) is 5.37. The molecule has 2 N–H and O–H groups in total. The highest BCUT2D eigenvalue weighted by Crippen LogP contribution is 2.18. The van der Waals surface area contributed by atoms with Crippen LogP contribution in [0.25, 0.3) is 0 Å². The number of carbonyl (C=O) groups is 2. The fraction of sp³-hybridized carbons (Fsp3) is 0.211. The van der Waals surface area contributed by atoms with E-state index in [0.717, 1.165) is 11.1 Å². The van der Waals surface area contributed by atoms with E-state index < -0.39 is 11.8 Å². The Kier molecular flexibility index (Phi) is 6.28. The Balaban J connectivity index is 1.98. The number of amides is 2. The van der Waals surface area contributed by atoms with Gasteiger partial charge in [0.2, 0.25) is 0 Å². The summed E-state index contributed by atoms with van der Waals surface area (Å²) in [6.07, 6.45) is 1.44. The molecule has 2 aromatic carbocycles. The molecule has 0 fully saturated rings. The Hall–Kier alpha value is -3.15. The summed E-state index contributed by atoms with van der Waals surface area (Å²) in [5.41, 5.74) is 5.47. The van der Waals surface area contributed by atoms with Crippen LogP contribution in [0.5, 0.6) is 5.75 Å². The van der Waals surface area contributed by atoms with Gasteiger partial charge in [-0.2, -0.15) is 5.10 Å². The quantitative estimate of drug-likeness (QED) is 0.499. The average Bonchev–Trinajstić information content (AvgIpc) is 2.60. The summed E-state index contributed by atoms with van der Waals surface area (Å²) in [5.74, 6) is -0.960. The summed E-state index contributed by atoms with van der Waals surface area (Å²) in [7, 11) is 0. The minimum absolute atomic E-state index is 0.523. The van der Waals surface area contributed by atoms with Gasteiger partial charge >= 0.3 is 11.8 Å². The van der Waals surface area contributed by atoms with Crippen molar-refractivity contribution in [1.29, 1.82) is 0 Å². The third-order valence-corrected chi connectivity index (χ3v) is 3.65. The van der Waals surface area contributed by atoms with Crippen LogP contribution < -0.4 is 15.5 Å². The smallest absolute Gasteiger partial charge is 0.329 e. The van der Waals surface area contributed by atoms with Crippen molar-refractivity contribution in [1.82, 2.24) is 5.43 Å². The van der Waals surface area contributed by atoms with Gasteiger partial charge in [0.1, 0.15) is 5.75 Å². The third kappa shape index (κ3) is 4.91. The number of benzene rings is 2. The van der Waals surface area contributed by atoms with Gasteiger partial charge in [-0.1, -0.05) is 24.3 Å². The first-order valence-corrected chi connectivity index (χ1v) is 7.95. The van der Waals surface area contributed by atoms with Crippen molar-refractivity contribution < 1.29 is 14.3 Å². The molecule has 130 valence electrons. The van der Waals surface area contributed by atoms with E-state index in [-0.39, 0.29) is 0 Å². The topological polar surface area (TPSA) is 79.8 Å². The van der Waals surface area contributed by atoms with Gasteiger partial charge in [0, 0.05) is 11.3 Å². The molecule has 0 heterocycles. The van der Waals surface area contributed by atoms with Gasteiger partial charge in [0.15, 0.2) is 0 Å². The molecule has 0 unspecified atom stereocenters. The molecule has 0 radical (unpaired) electrons. The number of hydrogen-bond acceptors (Lipinski definition) is 4. The highest BCUT2D eigenvalue weighted by Gasteiger charge is 2.14. The molecule has 2 rings (SSSR count). The zero-order valence-corrected chi connectivity index (χ0v) is 14.5. The molecule has 0 aliphatic carbocycles. The van der Waals surface area contributed by atoms with Crippen LogP contribution in [0, 0.1) is 13.8 Å². The van der Waals surface area contributed by atoms with Gasteiger partial charge in [-0.15, -0.1) is 0 Å². The van der Waals surface area contributed by atoms with Gasteiger partial charge in [-0.3, -0.25) is 9.59 Å². The number of anilines is 1. The first-order chi connectivity index (χ1) is 12.0. The van der Waals surface area contributed by atoms with Crippen molar-refractivity contribution in [2.24, 2.45) is 5.10 Å². The largest absolute Gasteiger partial charge is 0.493 e. The van der Waals surface area contributed by atoms with E-state index in [0.29, 0.717) is 23.6 Å². The van der Waals surface area contributed by atoms with Crippen molar-refractivity contribution in [3.05, 3.63) is 59.2 Å². The van der Waals surface area contributed by atoms with E-state index >= 15 is 0 Å². The van der Waals surface area contributed by atoms with Crippen molar-refractivity contribution in [3.8, 4) is 5.75 Å². The van der Waals surface area contributed by atoms with Gasteiger partial charge < -0.3 is 10.1 Å². The molecule has 0 atom stereocenters. The highest BCUT2D eigenvalue weighted by atomic mass is 16.5. The third-order valence-electron chi connectivity index (χ3n) is 3.65. The zero-order valence-electron chi connectivity index (χ0n) is 14.5. The van der Waals surface area contributed by atoms with Crippen molar-refractivity contribution in [2.75, 3.05) is 11.9 Å². The molecule has 0 saturated heterocycles. The Morgan fingerprint density at radius 2 is 1.84 bits per heavy atom. The minimum Gasteiger partial charge on any atom is -0.493 e. The van der Waals surface area contributed by atoms with Crippen LogP contribution in [-0.2, 0) is 9.59 Å². The van der Waals surface area contributed by atoms with Gasteiger partial charge in [-0.05, 0) is 50.1 Å². The van der Waals surface area contributed by atoms with E-state index in [1.807, 2.05) is 45.0 Å². The minimum atomic E-state index is -0.842. The lowest BCUT2D eigenvalue weighted by Gasteiger charge is -2.09. The highest BCUT2D eigenvalue weighted by molar-refractivity contribution is 6.39. The Morgan fingerprint density at radius 3 is 2.60 bits per heavy atom. The fourth-order valence-corrected chi connectivity index (χ4v) is 2.15. The Morgan fingerprint density at radius 1 is 1.08 bits per heavy atom. The molecular formula is C19H21N3O3. The molecule has 6 nitrogen and oxygen atoms in total. The van der Waals surface area contributed by atoms with Crippen molar-refractivity contribution in [3.63, 3.8) is 0 Å². The summed E-state index contributed by atoms with van der Waals surface area (Å²) in [5, 5.41) is 6.40. The summed E-state index contributed by atoms with van der Waals surface area (Å²) in [6, 6.07) is 12.8. The van der Waals surface area contributed by atoms with E-state index in [1.54, 1.807) is 18.2 Å². The second-order valence-corrected chi connectivity index (χ2v) is 5.37. The number of nitrogens with zero attached hydrogens (tertiary/aromatic N) is 1. The molecular weight excluding hydrogens is 318 g/mol. The van der Waals surface area contributed by atoms with Gasteiger partial charge in [-0.25, -0.2) is 5.43 Å². The monoisotopic (exact) mass is 339 g/mol. The number of para-hydroxylation sites is 1. The normalized spacial score (nSPS) is 10.5. The molecule has 0 aliphatic heterocycles. The SMILES string of the molecule is CCOc1ccccc1/C=N\NC(=O)C(=O)Nc1cccc(C)c1C. The van der Waals surface area contributed by atoms with Crippen LogP contribution in [0.3, 0.4) is 0 Å². The van der Waals surface area contributed by atoms with Gasteiger partial charge in [0.05, 0.1) is 12.8 Å². The molecule has 0 spiro atoms. The van der Waals surface area contributed by atoms with Crippen molar-refractivity contribution in [2.45, 2.75) is 20.8 Å². The average molecular weight is 339 g/mol. The predicted octanol–water partition coefficient (Wildman–Crippen LogP) is 2.79. The second kappa shape index (κ2) is 8.63. The predicted molar refractivity (Wildman–Crippen MR) is 97.9 cm³/mol. The molecule has 6 heteroatoms. The van der Waals surface area contributed by atoms with Crippen LogP contribution in [-0.4, -0.2) is 24.6 Å². The number of carbonyl (C=O) groups excluding carboxylic acids is 2. The van der Waals surface area contributed by atoms with E-state index in [2.05, 4.69) is 15.8 Å². The summed E-state index contributed by atoms with van der Waals surface area (Å²) < 4.78 is 5.46. The lowest BCUT2D eigenvalue weighted by molar-refractivity contribution is -0.136. The van der Waals surface area contributed by atoms with E-state index in [9.17, 15) is 9.59 Å². The fourth-order valence-electron chi connectivity index (χ4n) is 2.15. The zero-order chi connectivity index (χ0) is 18.2. The molecule has 0 bridgehead atoms.